The van der Waals surface area contributed by atoms with Crippen LogP contribution < -0.4 is 14.4 Å². The Morgan fingerprint density at radius 3 is 2.49 bits per heavy atom. The van der Waals surface area contributed by atoms with Gasteiger partial charge in [-0.05, 0) is 54.1 Å². The van der Waals surface area contributed by atoms with Crippen LogP contribution in [0.15, 0.2) is 72.8 Å². The van der Waals surface area contributed by atoms with E-state index in [9.17, 15) is 9.90 Å². The van der Waals surface area contributed by atoms with E-state index in [0.717, 1.165) is 48.6 Å². The predicted octanol–water partition coefficient (Wildman–Crippen LogP) is 4.56. The Morgan fingerprint density at radius 2 is 1.74 bits per heavy atom. The maximum absolute atomic E-state index is 12.6. The normalized spacial score (nSPS) is 14.3. The van der Waals surface area contributed by atoms with Crippen molar-refractivity contribution in [1.29, 1.82) is 0 Å². The molecule has 3 aromatic carbocycles. The number of ether oxygens (including phenoxy) is 2. The van der Waals surface area contributed by atoms with Crippen molar-refractivity contribution in [2.75, 3.05) is 45.2 Å². The quantitative estimate of drug-likeness (QED) is 0.461. The molecule has 3 aromatic rings. The van der Waals surface area contributed by atoms with Crippen LogP contribution in [0.2, 0.25) is 0 Å². The number of hydrogen-bond donors (Lipinski definition) is 1. The van der Waals surface area contributed by atoms with Crippen molar-refractivity contribution in [3.63, 3.8) is 0 Å². The molecule has 1 heterocycles. The Morgan fingerprint density at radius 1 is 0.971 bits per heavy atom. The van der Waals surface area contributed by atoms with Crippen molar-refractivity contribution in [3.05, 3.63) is 89.5 Å². The van der Waals surface area contributed by atoms with Gasteiger partial charge < -0.3 is 24.4 Å². The Labute approximate surface area is 207 Å². The number of carbonyl (C=O) groups is 1. The number of hydrogen-bond acceptors (Lipinski definition) is 6. The van der Waals surface area contributed by atoms with E-state index in [1.807, 2.05) is 36.4 Å². The lowest BCUT2D eigenvalue weighted by Crippen LogP contribution is -2.44. The Kier molecular flexibility index (Phi) is 8.06. The molecule has 0 aliphatic carbocycles. The van der Waals surface area contributed by atoms with E-state index in [1.165, 1.54) is 12.8 Å². The number of methoxy groups -OCH3 is 1. The molecule has 0 spiro atoms. The van der Waals surface area contributed by atoms with Crippen LogP contribution in [0.4, 0.5) is 5.69 Å². The van der Waals surface area contributed by atoms with Gasteiger partial charge in [-0.15, -0.1) is 0 Å². The highest BCUT2D eigenvalue weighted by Gasteiger charge is 2.15. The molecule has 0 unspecified atom stereocenters. The molecule has 35 heavy (non-hydrogen) atoms. The smallest absolute Gasteiger partial charge is 0.160 e. The lowest BCUT2D eigenvalue weighted by Gasteiger charge is -2.34. The van der Waals surface area contributed by atoms with Gasteiger partial charge in [0.25, 0.3) is 0 Å². The number of rotatable bonds is 9. The zero-order valence-electron chi connectivity index (χ0n) is 20.3. The molecule has 6 heteroatoms. The van der Waals surface area contributed by atoms with Crippen molar-refractivity contribution in [2.45, 2.75) is 13.0 Å². The summed E-state index contributed by atoms with van der Waals surface area (Å²) in [5, 5.41) is 9.92. The molecule has 1 saturated heterocycles. The zero-order valence-corrected chi connectivity index (χ0v) is 20.3. The molecule has 0 bridgehead atoms. The van der Waals surface area contributed by atoms with Crippen molar-refractivity contribution in [3.8, 4) is 17.2 Å². The number of carbonyl (C=O) groups excluding carboxylic acids is 1. The molecule has 0 amide bonds. The summed E-state index contributed by atoms with van der Waals surface area (Å²) in [5.74, 6) is 1.24. The average molecular weight is 473 g/mol. The van der Waals surface area contributed by atoms with E-state index in [-0.39, 0.29) is 18.0 Å². The maximum Gasteiger partial charge on any atom is 0.160 e. The van der Waals surface area contributed by atoms with Crippen LogP contribution in [-0.2, 0) is 17.8 Å². The number of likely N-dealkylation sites (N-methyl/N-ethyl adjacent to an activating group) is 1. The minimum absolute atomic E-state index is 0.0233. The number of anilines is 1. The second kappa shape index (κ2) is 11.6. The van der Waals surface area contributed by atoms with E-state index in [0.29, 0.717) is 12.4 Å². The molecule has 6 nitrogen and oxygen atoms in total. The van der Waals surface area contributed by atoms with Crippen molar-refractivity contribution < 1.29 is 19.4 Å². The van der Waals surface area contributed by atoms with Gasteiger partial charge in [0.05, 0.1) is 7.11 Å². The number of allylic oxidation sites excluding steroid dienone is 1. The minimum atomic E-state index is -0.0233. The first kappa shape index (κ1) is 24.4. The lowest BCUT2D eigenvalue weighted by molar-refractivity contribution is -0.113. The second-order valence-electron chi connectivity index (χ2n) is 8.75. The summed E-state index contributed by atoms with van der Waals surface area (Å²) < 4.78 is 11.2. The fourth-order valence-corrected chi connectivity index (χ4v) is 4.11. The van der Waals surface area contributed by atoms with Crippen LogP contribution in [0.3, 0.4) is 0 Å². The third kappa shape index (κ3) is 6.64. The van der Waals surface area contributed by atoms with Crippen LogP contribution in [0.5, 0.6) is 17.2 Å². The Hall–Kier alpha value is -3.77. The molecule has 4 rings (SSSR count). The molecule has 0 atom stereocenters. The van der Waals surface area contributed by atoms with Gasteiger partial charge >= 0.3 is 0 Å². The molecule has 0 aromatic heterocycles. The third-order valence-corrected chi connectivity index (χ3v) is 6.23. The van der Waals surface area contributed by atoms with Gasteiger partial charge in [-0.3, -0.25) is 4.79 Å². The van der Waals surface area contributed by atoms with Crippen LogP contribution in [-0.4, -0.2) is 56.1 Å². The molecular formula is C29H32N2O4. The van der Waals surface area contributed by atoms with Gasteiger partial charge in [0, 0.05) is 44.4 Å². The summed E-state index contributed by atoms with van der Waals surface area (Å²) in [7, 11) is 3.65. The van der Waals surface area contributed by atoms with Crippen molar-refractivity contribution in [1.82, 2.24) is 4.90 Å². The average Bonchev–Trinajstić information content (AvgIpc) is 2.88. The fourth-order valence-electron chi connectivity index (χ4n) is 4.11. The maximum atomic E-state index is 12.6. The number of aromatic hydroxyl groups is 1. The number of benzene rings is 3. The van der Waals surface area contributed by atoms with Crippen LogP contribution in [0.1, 0.15) is 16.7 Å². The summed E-state index contributed by atoms with van der Waals surface area (Å²) in [6.45, 7) is 4.52. The van der Waals surface area contributed by atoms with Gasteiger partial charge in [0.2, 0.25) is 0 Å². The van der Waals surface area contributed by atoms with Crippen LogP contribution >= 0.6 is 0 Å². The molecule has 0 saturated carbocycles. The largest absolute Gasteiger partial charge is 0.504 e. The molecule has 1 N–H and O–H groups in total. The molecular weight excluding hydrogens is 440 g/mol. The van der Waals surface area contributed by atoms with E-state index in [4.69, 9.17) is 9.47 Å². The summed E-state index contributed by atoms with van der Waals surface area (Å²) in [4.78, 5) is 17.4. The van der Waals surface area contributed by atoms with Gasteiger partial charge in [-0.2, -0.15) is 0 Å². The van der Waals surface area contributed by atoms with Crippen LogP contribution in [0, 0.1) is 0 Å². The molecule has 182 valence electrons. The molecule has 1 fully saturated rings. The molecule has 1 aliphatic heterocycles. The summed E-state index contributed by atoms with van der Waals surface area (Å²) in [5.41, 5.74) is 3.83. The minimum Gasteiger partial charge on any atom is -0.504 e. The predicted molar refractivity (Wildman–Crippen MR) is 139 cm³/mol. The van der Waals surface area contributed by atoms with Crippen LogP contribution in [0.25, 0.3) is 6.08 Å². The second-order valence-corrected chi connectivity index (χ2v) is 8.75. The first-order valence-corrected chi connectivity index (χ1v) is 11.8. The fraction of sp³-hybridized carbons (Fsp3) is 0.276. The van der Waals surface area contributed by atoms with E-state index < -0.39 is 0 Å². The highest BCUT2D eigenvalue weighted by molar-refractivity contribution is 5.95. The highest BCUT2D eigenvalue weighted by Crippen LogP contribution is 2.27. The summed E-state index contributed by atoms with van der Waals surface area (Å²) in [6.07, 6.45) is 3.52. The summed E-state index contributed by atoms with van der Waals surface area (Å²) >= 11 is 0. The standard InChI is InChI=1S/C29H32N2O4/c1-30-14-16-31(17-15-30)25-8-5-9-27(20-25)35-21-24-7-4-3-6-23(24)19-26(32)12-10-22-11-13-29(34-2)28(33)18-22/h3-13,18,20,33H,14-17,19,21H2,1-2H3/b12-10+. The van der Waals surface area contributed by atoms with E-state index >= 15 is 0 Å². The number of phenolic OH excluding ortho intramolecular Hbond substituents is 1. The van der Waals surface area contributed by atoms with Gasteiger partial charge in [0.15, 0.2) is 17.3 Å². The first-order valence-electron chi connectivity index (χ1n) is 11.8. The van der Waals surface area contributed by atoms with Gasteiger partial charge in [-0.25, -0.2) is 0 Å². The number of phenols is 1. The SMILES string of the molecule is COc1ccc(/C=C/C(=O)Cc2ccccc2COc2cccc(N3CCN(C)CC3)c2)cc1O. The van der Waals surface area contributed by atoms with Gasteiger partial charge in [-0.1, -0.05) is 42.5 Å². The number of piperazine rings is 1. The van der Waals surface area contributed by atoms with Gasteiger partial charge in [0.1, 0.15) is 12.4 Å². The first-order chi connectivity index (χ1) is 17.0. The number of nitrogens with zero attached hydrogens (tertiary/aromatic N) is 2. The zero-order chi connectivity index (χ0) is 24.6. The van der Waals surface area contributed by atoms with Crippen molar-refractivity contribution >= 4 is 17.5 Å². The monoisotopic (exact) mass is 472 g/mol. The summed E-state index contributed by atoms with van der Waals surface area (Å²) in [6, 6.07) is 21.1. The molecule has 0 radical (unpaired) electrons. The Balaban J connectivity index is 1.37. The van der Waals surface area contributed by atoms with Crippen molar-refractivity contribution in [2.24, 2.45) is 0 Å². The highest BCUT2D eigenvalue weighted by atomic mass is 16.5. The number of ketones is 1. The van der Waals surface area contributed by atoms with E-state index in [2.05, 4.69) is 29.0 Å². The lowest BCUT2D eigenvalue weighted by atomic mass is 10.0. The topological polar surface area (TPSA) is 62.2 Å². The Bertz CT molecular complexity index is 1180. The molecule has 1 aliphatic rings. The third-order valence-electron chi connectivity index (χ3n) is 6.23. The van der Waals surface area contributed by atoms with E-state index in [1.54, 1.807) is 30.4 Å².